The van der Waals surface area contributed by atoms with Crippen LogP contribution in [0.2, 0.25) is 0 Å². The quantitative estimate of drug-likeness (QED) is 0.821. The number of rotatable bonds is 4. The number of piperidine rings is 1. The number of carbonyl (C=O) groups is 2. The number of ether oxygens (including phenoxy) is 2. The van der Waals surface area contributed by atoms with Crippen molar-refractivity contribution in [1.29, 1.82) is 0 Å². The van der Waals surface area contributed by atoms with E-state index in [1.807, 2.05) is 27.7 Å². The van der Waals surface area contributed by atoms with Crippen LogP contribution in [0.4, 0.5) is 10.5 Å². The molecule has 0 spiro atoms. The number of anilines is 1. The highest BCUT2D eigenvalue weighted by molar-refractivity contribution is 5.93. The van der Waals surface area contributed by atoms with Gasteiger partial charge in [-0.3, -0.25) is 0 Å². The van der Waals surface area contributed by atoms with Crippen molar-refractivity contribution in [2.75, 3.05) is 32.1 Å². The Balaban J connectivity index is 1.98. The van der Waals surface area contributed by atoms with Gasteiger partial charge in [-0.15, -0.1) is 5.10 Å². The fourth-order valence-electron chi connectivity index (χ4n) is 2.85. The summed E-state index contributed by atoms with van der Waals surface area (Å²) in [7, 11) is 1.31. The van der Waals surface area contributed by atoms with Crippen LogP contribution in [-0.4, -0.2) is 59.5 Å². The van der Waals surface area contributed by atoms with Gasteiger partial charge in [-0.1, -0.05) is 0 Å². The molecule has 0 radical (unpaired) electrons. The molecule has 26 heavy (non-hydrogen) atoms. The topological polar surface area (TPSA) is 93.6 Å². The van der Waals surface area contributed by atoms with Crippen molar-refractivity contribution in [3.63, 3.8) is 0 Å². The van der Waals surface area contributed by atoms with Gasteiger partial charge in [0.05, 0.1) is 18.5 Å². The number of hydrogen-bond donors (Lipinski definition) is 1. The molecule has 1 aromatic heterocycles. The first kappa shape index (κ1) is 19.9. The average Bonchev–Trinajstić information content (AvgIpc) is 2.58. The number of nitrogens with one attached hydrogen (secondary N) is 1. The molecule has 1 atom stereocenters. The lowest BCUT2D eigenvalue weighted by atomic mass is 9.98. The summed E-state index contributed by atoms with van der Waals surface area (Å²) in [4.78, 5) is 25.8. The Bertz CT molecular complexity index is 657. The van der Waals surface area contributed by atoms with Crippen molar-refractivity contribution in [2.45, 2.75) is 46.1 Å². The van der Waals surface area contributed by atoms with Crippen LogP contribution in [0.25, 0.3) is 0 Å². The Morgan fingerprint density at radius 1 is 1.35 bits per heavy atom. The number of likely N-dealkylation sites (tertiary alicyclic amines) is 1. The highest BCUT2D eigenvalue weighted by Gasteiger charge is 2.28. The van der Waals surface area contributed by atoms with Gasteiger partial charge < -0.3 is 19.7 Å². The van der Waals surface area contributed by atoms with Gasteiger partial charge in [-0.2, -0.15) is 5.10 Å². The van der Waals surface area contributed by atoms with Crippen molar-refractivity contribution in [1.82, 2.24) is 15.1 Å². The van der Waals surface area contributed by atoms with Crippen molar-refractivity contribution in [3.05, 3.63) is 17.5 Å². The molecule has 0 aliphatic carbocycles. The third-order valence-electron chi connectivity index (χ3n) is 4.05. The van der Waals surface area contributed by atoms with Gasteiger partial charge in [0.25, 0.3) is 0 Å². The minimum Gasteiger partial charge on any atom is -0.464 e. The molecule has 1 saturated heterocycles. The van der Waals surface area contributed by atoms with Gasteiger partial charge in [0.15, 0.2) is 5.69 Å². The first-order valence-electron chi connectivity index (χ1n) is 8.84. The minimum atomic E-state index is -0.529. The van der Waals surface area contributed by atoms with E-state index in [-0.39, 0.29) is 17.7 Å². The van der Waals surface area contributed by atoms with Crippen molar-refractivity contribution in [2.24, 2.45) is 5.92 Å². The smallest absolute Gasteiger partial charge is 0.410 e. The maximum Gasteiger partial charge on any atom is 0.410 e. The van der Waals surface area contributed by atoms with Gasteiger partial charge in [-0.05, 0) is 52.5 Å². The Morgan fingerprint density at radius 3 is 2.73 bits per heavy atom. The first-order valence-corrected chi connectivity index (χ1v) is 8.84. The average molecular weight is 364 g/mol. The summed E-state index contributed by atoms with van der Waals surface area (Å²) in [6, 6.07) is 1.77. The molecule has 8 nitrogen and oxygen atoms in total. The van der Waals surface area contributed by atoms with E-state index in [1.54, 1.807) is 11.0 Å². The molecule has 0 saturated carbocycles. The summed E-state index contributed by atoms with van der Waals surface area (Å²) in [6.07, 6.45) is 1.64. The standard InChI is InChI=1S/C18H28N4O4/c1-12-9-14(15(21-20-12)16(23)25-5)19-10-13-7-6-8-22(11-13)17(24)26-18(2,3)4/h9,13H,6-8,10-11H2,1-5H3,(H,19,20). The lowest BCUT2D eigenvalue weighted by Gasteiger charge is -2.34. The van der Waals surface area contributed by atoms with E-state index in [1.165, 1.54) is 7.11 Å². The third kappa shape index (κ3) is 5.57. The summed E-state index contributed by atoms with van der Waals surface area (Å²) < 4.78 is 10.2. The second-order valence-electron chi connectivity index (χ2n) is 7.56. The zero-order valence-corrected chi connectivity index (χ0v) is 16.2. The van der Waals surface area contributed by atoms with Crippen LogP contribution < -0.4 is 5.32 Å². The number of esters is 1. The van der Waals surface area contributed by atoms with Crippen molar-refractivity contribution >= 4 is 17.7 Å². The Labute approximate surface area is 154 Å². The fraction of sp³-hybridized carbons (Fsp3) is 0.667. The number of carbonyl (C=O) groups excluding carboxylic acids is 2. The molecule has 2 rings (SSSR count). The van der Waals surface area contributed by atoms with Crippen LogP contribution in [0.15, 0.2) is 6.07 Å². The van der Waals surface area contributed by atoms with Crippen molar-refractivity contribution < 1.29 is 19.1 Å². The second kappa shape index (κ2) is 8.33. The van der Waals surface area contributed by atoms with Crippen LogP contribution in [-0.2, 0) is 9.47 Å². The zero-order valence-electron chi connectivity index (χ0n) is 16.2. The summed E-state index contributed by atoms with van der Waals surface area (Å²) in [5.74, 6) is -0.269. The largest absolute Gasteiger partial charge is 0.464 e. The van der Waals surface area contributed by atoms with E-state index in [0.717, 1.165) is 12.8 Å². The monoisotopic (exact) mass is 364 g/mol. The highest BCUT2D eigenvalue weighted by atomic mass is 16.6. The summed E-state index contributed by atoms with van der Waals surface area (Å²) in [5.41, 5.74) is 0.966. The summed E-state index contributed by atoms with van der Waals surface area (Å²) in [6.45, 7) is 9.34. The van der Waals surface area contributed by atoms with Crippen molar-refractivity contribution in [3.8, 4) is 0 Å². The van der Waals surface area contributed by atoms with E-state index >= 15 is 0 Å². The summed E-state index contributed by atoms with van der Waals surface area (Å²) >= 11 is 0. The molecule has 1 aliphatic rings. The van der Waals surface area contributed by atoms with E-state index in [2.05, 4.69) is 15.5 Å². The highest BCUT2D eigenvalue weighted by Crippen LogP contribution is 2.21. The normalized spacial score (nSPS) is 17.6. The molecule has 0 aromatic carbocycles. The Hall–Kier alpha value is -2.38. The second-order valence-corrected chi connectivity index (χ2v) is 7.56. The van der Waals surface area contributed by atoms with E-state index < -0.39 is 11.6 Å². The number of amides is 1. The maximum absolute atomic E-state index is 12.3. The van der Waals surface area contributed by atoms with Crippen LogP contribution in [0.1, 0.15) is 49.8 Å². The van der Waals surface area contributed by atoms with E-state index in [4.69, 9.17) is 9.47 Å². The number of hydrogen-bond acceptors (Lipinski definition) is 7. The lowest BCUT2D eigenvalue weighted by Crippen LogP contribution is -2.44. The molecule has 1 amide bonds. The van der Waals surface area contributed by atoms with E-state index in [0.29, 0.717) is 31.0 Å². The van der Waals surface area contributed by atoms with Gasteiger partial charge in [-0.25, -0.2) is 9.59 Å². The number of methoxy groups -OCH3 is 1. The molecule has 1 unspecified atom stereocenters. The molecule has 2 heterocycles. The zero-order chi connectivity index (χ0) is 19.3. The molecule has 1 fully saturated rings. The van der Waals surface area contributed by atoms with E-state index in [9.17, 15) is 9.59 Å². The van der Waals surface area contributed by atoms with Gasteiger partial charge in [0, 0.05) is 19.6 Å². The predicted octanol–water partition coefficient (Wildman–Crippen LogP) is 2.63. The predicted molar refractivity (Wildman–Crippen MR) is 97.1 cm³/mol. The molecular weight excluding hydrogens is 336 g/mol. The third-order valence-corrected chi connectivity index (χ3v) is 4.05. The van der Waals surface area contributed by atoms with Crippen LogP contribution >= 0.6 is 0 Å². The van der Waals surface area contributed by atoms with Gasteiger partial charge >= 0.3 is 12.1 Å². The Morgan fingerprint density at radius 2 is 2.08 bits per heavy atom. The molecule has 8 heteroatoms. The fourth-order valence-corrected chi connectivity index (χ4v) is 2.85. The SMILES string of the molecule is COC(=O)c1nnc(C)cc1NCC1CCCN(C(=O)OC(C)(C)C)C1. The molecule has 1 aromatic rings. The summed E-state index contributed by atoms with van der Waals surface area (Å²) in [5, 5.41) is 11.1. The van der Waals surface area contributed by atoms with Gasteiger partial charge in [0.2, 0.25) is 0 Å². The van der Waals surface area contributed by atoms with Crippen LogP contribution in [0, 0.1) is 12.8 Å². The molecular formula is C18H28N4O4. The molecule has 1 N–H and O–H groups in total. The maximum atomic E-state index is 12.3. The Kier molecular flexibility index (Phi) is 6.39. The van der Waals surface area contributed by atoms with Gasteiger partial charge in [0.1, 0.15) is 5.60 Å². The van der Waals surface area contributed by atoms with Crippen LogP contribution in [0.5, 0.6) is 0 Å². The van der Waals surface area contributed by atoms with Crippen LogP contribution in [0.3, 0.4) is 0 Å². The lowest BCUT2D eigenvalue weighted by molar-refractivity contribution is 0.0172. The number of nitrogens with zero attached hydrogens (tertiary/aromatic N) is 3. The minimum absolute atomic E-state index is 0.165. The molecule has 144 valence electrons. The number of aryl methyl sites for hydroxylation is 1. The number of aromatic nitrogens is 2. The first-order chi connectivity index (χ1) is 12.2. The molecule has 1 aliphatic heterocycles. The molecule has 0 bridgehead atoms.